The molecule has 1 aliphatic heterocycles. The number of carbonyl (C=O) groups excluding carboxylic acids is 1. The maximum atomic E-state index is 11.9. The minimum Gasteiger partial charge on any atom is -0.462 e. The third-order valence-corrected chi connectivity index (χ3v) is 4.85. The van der Waals surface area contributed by atoms with Crippen LogP contribution in [0.5, 0.6) is 0 Å². The van der Waals surface area contributed by atoms with Gasteiger partial charge in [-0.3, -0.25) is 0 Å². The molecule has 1 aliphatic rings. The lowest BCUT2D eigenvalue weighted by atomic mass is 9.69. The standard InChI is InChI=1S/C19H27BO4/c1-6-16(20-23-18(2,3)19(4,5)24-20)13-10-14-22-17(21)15-11-8-7-9-12-15/h6-9,11-12,16H,1,10,13-14H2,2-5H3/t16-/m1/s1. The van der Waals surface area contributed by atoms with E-state index in [4.69, 9.17) is 14.0 Å². The molecule has 0 unspecified atom stereocenters. The van der Waals surface area contributed by atoms with E-state index in [9.17, 15) is 4.79 Å². The summed E-state index contributed by atoms with van der Waals surface area (Å²) < 4.78 is 17.4. The number of esters is 1. The topological polar surface area (TPSA) is 44.8 Å². The van der Waals surface area contributed by atoms with Crippen molar-refractivity contribution in [2.24, 2.45) is 0 Å². The molecule has 0 N–H and O–H groups in total. The third kappa shape index (κ3) is 4.28. The van der Waals surface area contributed by atoms with Gasteiger partial charge in [-0.1, -0.05) is 24.3 Å². The van der Waals surface area contributed by atoms with E-state index in [0.717, 1.165) is 12.8 Å². The summed E-state index contributed by atoms with van der Waals surface area (Å²) >= 11 is 0. The molecule has 130 valence electrons. The summed E-state index contributed by atoms with van der Waals surface area (Å²) in [6.45, 7) is 12.4. The van der Waals surface area contributed by atoms with Crippen LogP contribution in [0.1, 0.15) is 50.9 Å². The van der Waals surface area contributed by atoms with E-state index in [2.05, 4.69) is 6.58 Å². The van der Waals surface area contributed by atoms with Crippen molar-refractivity contribution in [1.82, 2.24) is 0 Å². The van der Waals surface area contributed by atoms with Crippen molar-refractivity contribution in [3.8, 4) is 0 Å². The maximum Gasteiger partial charge on any atom is 0.465 e. The first-order valence-electron chi connectivity index (χ1n) is 8.47. The van der Waals surface area contributed by atoms with Gasteiger partial charge < -0.3 is 14.0 Å². The van der Waals surface area contributed by atoms with Crippen molar-refractivity contribution < 1.29 is 18.8 Å². The van der Waals surface area contributed by atoms with Crippen molar-refractivity contribution in [3.05, 3.63) is 48.6 Å². The van der Waals surface area contributed by atoms with Crippen molar-refractivity contribution in [2.45, 2.75) is 57.6 Å². The van der Waals surface area contributed by atoms with Crippen molar-refractivity contribution >= 4 is 13.1 Å². The predicted octanol–water partition coefficient (Wildman–Crippen LogP) is 4.27. The Hall–Kier alpha value is -1.59. The molecular weight excluding hydrogens is 303 g/mol. The van der Waals surface area contributed by atoms with E-state index in [0.29, 0.717) is 12.2 Å². The van der Waals surface area contributed by atoms with Crippen LogP contribution in [-0.4, -0.2) is 30.9 Å². The Morgan fingerprint density at radius 3 is 2.33 bits per heavy atom. The van der Waals surface area contributed by atoms with Gasteiger partial charge in [0.2, 0.25) is 0 Å². The summed E-state index contributed by atoms with van der Waals surface area (Å²) in [5.41, 5.74) is -0.124. The average Bonchev–Trinajstić information content (AvgIpc) is 2.76. The van der Waals surface area contributed by atoms with Crippen LogP contribution in [0, 0.1) is 0 Å². The van der Waals surface area contributed by atoms with Gasteiger partial charge in [0.05, 0.1) is 23.4 Å². The van der Waals surface area contributed by atoms with Gasteiger partial charge in [-0.05, 0) is 52.7 Å². The zero-order chi connectivity index (χ0) is 17.8. The summed E-state index contributed by atoms with van der Waals surface area (Å²) in [6.07, 6.45) is 3.39. The van der Waals surface area contributed by atoms with Crippen molar-refractivity contribution in [3.63, 3.8) is 0 Å². The molecule has 0 saturated carbocycles. The van der Waals surface area contributed by atoms with Gasteiger partial charge in [0.25, 0.3) is 0 Å². The minimum atomic E-state index is -0.349. The molecule has 5 heteroatoms. The average molecular weight is 330 g/mol. The number of hydrogen-bond donors (Lipinski definition) is 0. The zero-order valence-electron chi connectivity index (χ0n) is 15.1. The first-order valence-corrected chi connectivity index (χ1v) is 8.47. The highest BCUT2D eigenvalue weighted by molar-refractivity contribution is 6.48. The molecule has 0 aliphatic carbocycles. The monoisotopic (exact) mass is 330 g/mol. The lowest BCUT2D eigenvalue weighted by molar-refractivity contribution is 0.00578. The fourth-order valence-corrected chi connectivity index (χ4v) is 2.57. The molecule has 1 aromatic rings. The number of benzene rings is 1. The molecule has 0 bridgehead atoms. The van der Waals surface area contributed by atoms with Gasteiger partial charge in [-0.2, -0.15) is 0 Å². The second-order valence-electron chi connectivity index (χ2n) is 7.17. The summed E-state index contributed by atoms with van der Waals surface area (Å²) in [7, 11) is -0.308. The molecule has 0 radical (unpaired) electrons. The van der Waals surface area contributed by atoms with E-state index in [1.807, 2.05) is 52.0 Å². The Bertz CT molecular complexity index is 552. The smallest absolute Gasteiger partial charge is 0.462 e. The largest absolute Gasteiger partial charge is 0.465 e. The maximum absolute atomic E-state index is 11.9. The molecule has 1 fully saturated rings. The lowest BCUT2D eigenvalue weighted by Gasteiger charge is -2.32. The molecule has 0 spiro atoms. The Morgan fingerprint density at radius 2 is 1.79 bits per heavy atom. The zero-order valence-corrected chi connectivity index (χ0v) is 15.1. The van der Waals surface area contributed by atoms with Gasteiger partial charge in [0.1, 0.15) is 0 Å². The number of rotatable bonds is 7. The van der Waals surface area contributed by atoms with Gasteiger partial charge in [0, 0.05) is 5.82 Å². The number of ether oxygens (including phenoxy) is 1. The molecule has 1 heterocycles. The van der Waals surface area contributed by atoms with Gasteiger partial charge in [0.15, 0.2) is 0 Å². The number of carbonyl (C=O) groups is 1. The van der Waals surface area contributed by atoms with Crippen LogP contribution in [0.2, 0.25) is 5.82 Å². The molecule has 1 aromatic carbocycles. The Balaban J connectivity index is 1.79. The van der Waals surface area contributed by atoms with Crippen LogP contribution >= 0.6 is 0 Å². The van der Waals surface area contributed by atoms with Gasteiger partial charge in [-0.25, -0.2) is 4.79 Å². The Labute approximate surface area is 145 Å². The Kier molecular flexibility index (Phi) is 5.89. The van der Waals surface area contributed by atoms with Crippen LogP contribution in [0.25, 0.3) is 0 Å². The summed E-state index contributed by atoms with van der Waals surface area (Å²) in [4.78, 5) is 11.9. The van der Waals surface area contributed by atoms with E-state index in [1.54, 1.807) is 12.1 Å². The van der Waals surface area contributed by atoms with Crippen LogP contribution in [0.15, 0.2) is 43.0 Å². The van der Waals surface area contributed by atoms with E-state index < -0.39 is 0 Å². The first-order chi connectivity index (χ1) is 11.3. The summed E-state index contributed by atoms with van der Waals surface area (Å²) in [5.74, 6) is -0.220. The van der Waals surface area contributed by atoms with Crippen molar-refractivity contribution in [2.75, 3.05) is 6.61 Å². The second-order valence-corrected chi connectivity index (χ2v) is 7.17. The normalized spacial score (nSPS) is 19.8. The van der Waals surface area contributed by atoms with Crippen LogP contribution in [-0.2, 0) is 14.0 Å². The van der Waals surface area contributed by atoms with Crippen LogP contribution in [0.3, 0.4) is 0 Å². The fraction of sp³-hybridized carbons (Fsp3) is 0.526. The van der Waals surface area contributed by atoms with E-state index in [-0.39, 0.29) is 30.1 Å². The molecule has 2 rings (SSSR count). The quantitative estimate of drug-likeness (QED) is 0.324. The predicted molar refractivity (Wildman–Crippen MR) is 96.0 cm³/mol. The molecular formula is C19H27BO4. The molecule has 4 nitrogen and oxygen atoms in total. The summed E-state index contributed by atoms with van der Waals surface area (Å²) in [6, 6.07) is 9.01. The lowest BCUT2D eigenvalue weighted by Crippen LogP contribution is -2.41. The minimum absolute atomic E-state index is 0.0708. The summed E-state index contributed by atoms with van der Waals surface area (Å²) in [5, 5.41) is 0. The van der Waals surface area contributed by atoms with Crippen molar-refractivity contribution in [1.29, 1.82) is 0 Å². The highest BCUT2D eigenvalue weighted by atomic mass is 16.7. The molecule has 0 aromatic heterocycles. The number of hydrogen-bond acceptors (Lipinski definition) is 4. The van der Waals surface area contributed by atoms with Crippen LogP contribution < -0.4 is 0 Å². The highest BCUT2D eigenvalue weighted by Crippen LogP contribution is 2.41. The fourth-order valence-electron chi connectivity index (χ4n) is 2.57. The second kappa shape index (κ2) is 7.54. The molecule has 1 saturated heterocycles. The SMILES string of the molecule is C=C[C@H](CCCOC(=O)c1ccccc1)B1OC(C)(C)C(C)(C)O1. The highest BCUT2D eigenvalue weighted by Gasteiger charge is 2.52. The molecule has 0 amide bonds. The van der Waals surface area contributed by atoms with E-state index >= 15 is 0 Å². The molecule has 1 atom stereocenters. The number of allylic oxidation sites excluding steroid dienone is 1. The Morgan fingerprint density at radius 1 is 1.21 bits per heavy atom. The van der Waals surface area contributed by atoms with Gasteiger partial charge in [-0.15, -0.1) is 6.58 Å². The molecule has 24 heavy (non-hydrogen) atoms. The first kappa shape index (κ1) is 18.7. The van der Waals surface area contributed by atoms with Crippen LogP contribution in [0.4, 0.5) is 0 Å². The third-order valence-electron chi connectivity index (χ3n) is 4.85. The van der Waals surface area contributed by atoms with E-state index in [1.165, 1.54) is 0 Å². The van der Waals surface area contributed by atoms with Gasteiger partial charge >= 0.3 is 13.1 Å².